The first-order valence-corrected chi connectivity index (χ1v) is 8.04. The Bertz CT molecular complexity index is 709. The summed E-state index contributed by atoms with van der Waals surface area (Å²) in [6, 6.07) is 2.77. The number of ether oxygens (including phenoxy) is 1. The molecular formula is C15H15BrF3N3O3. The van der Waals surface area contributed by atoms with Crippen LogP contribution >= 0.6 is 15.9 Å². The standard InChI is InChI=1S/C15H15BrF3N3O3/c1-3-25-13(24)11-5-4-10(15(17,18)19)6-9(11)7-22-12(8-23)21(2)14(16)20-22/h4-6,8,12H,3,7H2,1-2H3. The third kappa shape index (κ3) is 4.12. The predicted molar refractivity (Wildman–Crippen MR) is 86.9 cm³/mol. The quantitative estimate of drug-likeness (QED) is 0.415. The molecule has 2 rings (SSSR count). The summed E-state index contributed by atoms with van der Waals surface area (Å²) in [5.41, 5.74) is -0.825. The van der Waals surface area contributed by atoms with E-state index in [-0.39, 0.29) is 24.3 Å². The van der Waals surface area contributed by atoms with E-state index in [2.05, 4.69) is 21.0 Å². The van der Waals surface area contributed by atoms with Gasteiger partial charge in [0.25, 0.3) is 0 Å². The topological polar surface area (TPSA) is 62.2 Å². The molecule has 136 valence electrons. The van der Waals surface area contributed by atoms with Crippen molar-refractivity contribution in [3.05, 3.63) is 34.9 Å². The lowest BCUT2D eigenvalue weighted by molar-refractivity contribution is -0.137. The molecule has 10 heteroatoms. The Hall–Kier alpha value is -2.10. The molecule has 25 heavy (non-hydrogen) atoms. The number of esters is 1. The molecule has 1 aliphatic heterocycles. The van der Waals surface area contributed by atoms with Crippen molar-refractivity contribution in [3.63, 3.8) is 0 Å². The first-order valence-electron chi connectivity index (χ1n) is 7.25. The fraction of sp³-hybridized carbons (Fsp3) is 0.400. The molecule has 6 nitrogen and oxygen atoms in total. The number of benzene rings is 1. The number of likely N-dealkylation sites (N-methyl/N-ethyl adjacent to an activating group) is 1. The Morgan fingerprint density at radius 2 is 2.12 bits per heavy atom. The van der Waals surface area contributed by atoms with Crippen LogP contribution in [0.5, 0.6) is 0 Å². The van der Waals surface area contributed by atoms with Crippen LogP contribution in [0.15, 0.2) is 23.3 Å². The summed E-state index contributed by atoms with van der Waals surface area (Å²) in [6.07, 6.45) is -4.74. The first-order chi connectivity index (χ1) is 11.7. The van der Waals surface area contributed by atoms with Crippen LogP contribution in [-0.2, 0) is 22.3 Å². The number of halogens is 4. The van der Waals surface area contributed by atoms with Gasteiger partial charge in [0.15, 0.2) is 17.2 Å². The lowest BCUT2D eigenvalue weighted by Crippen LogP contribution is -2.39. The number of alkyl halides is 3. The number of hydrogen-bond donors (Lipinski definition) is 0. The van der Waals surface area contributed by atoms with Crippen molar-refractivity contribution in [2.24, 2.45) is 5.10 Å². The van der Waals surface area contributed by atoms with Crippen molar-refractivity contribution in [2.45, 2.75) is 25.8 Å². The maximum absolute atomic E-state index is 13.0. The summed E-state index contributed by atoms with van der Waals surface area (Å²) >= 11 is 3.16. The Labute approximate surface area is 150 Å². The Balaban J connectivity index is 2.42. The van der Waals surface area contributed by atoms with E-state index in [9.17, 15) is 22.8 Å². The molecule has 1 aromatic rings. The van der Waals surface area contributed by atoms with Crippen LogP contribution < -0.4 is 0 Å². The number of rotatable bonds is 5. The Kier molecular flexibility index (Phi) is 5.71. The smallest absolute Gasteiger partial charge is 0.416 e. The molecule has 1 unspecified atom stereocenters. The summed E-state index contributed by atoms with van der Waals surface area (Å²) in [5.74, 6) is -0.732. The van der Waals surface area contributed by atoms with Gasteiger partial charge in [-0.25, -0.2) is 4.79 Å². The van der Waals surface area contributed by atoms with Gasteiger partial charge in [-0.1, -0.05) is 0 Å². The summed E-state index contributed by atoms with van der Waals surface area (Å²) in [6.45, 7) is 1.52. The number of amidine groups is 1. The van der Waals surface area contributed by atoms with Crippen LogP contribution in [0.1, 0.15) is 28.4 Å². The maximum Gasteiger partial charge on any atom is 0.416 e. The van der Waals surface area contributed by atoms with Gasteiger partial charge in [0.2, 0.25) is 0 Å². The van der Waals surface area contributed by atoms with E-state index in [0.717, 1.165) is 18.2 Å². The van der Waals surface area contributed by atoms with Crippen LogP contribution in [0.25, 0.3) is 0 Å². The highest BCUT2D eigenvalue weighted by Crippen LogP contribution is 2.32. The SMILES string of the molecule is CCOC(=O)c1ccc(C(F)(F)F)cc1CN1N=C(Br)N(C)C1C=O. The van der Waals surface area contributed by atoms with Crippen LogP contribution in [-0.4, -0.2) is 46.7 Å². The number of carbonyl (C=O) groups is 2. The van der Waals surface area contributed by atoms with Gasteiger partial charge in [0, 0.05) is 7.05 Å². The normalized spacial score (nSPS) is 17.5. The molecule has 0 spiro atoms. The minimum Gasteiger partial charge on any atom is -0.462 e. The second-order valence-electron chi connectivity index (χ2n) is 5.22. The van der Waals surface area contributed by atoms with Gasteiger partial charge in [-0.3, -0.25) is 9.80 Å². The second kappa shape index (κ2) is 7.42. The third-order valence-corrected chi connectivity index (χ3v) is 4.30. The van der Waals surface area contributed by atoms with E-state index in [1.165, 1.54) is 9.91 Å². The summed E-state index contributed by atoms with van der Waals surface area (Å²) in [4.78, 5) is 24.8. The minimum absolute atomic E-state index is 0.000347. The predicted octanol–water partition coefficient (Wildman–Crippen LogP) is 2.82. The molecule has 0 saturated carbocycles. The molecule has 0 saturated heterocycles. The summed E-state index contributed by atoms with van der Waals surface area (Å²) in [7, 11) is 1.60. The molecule has 0 aliphatic carbocycles. The molecule has 1 heterocycles. The fourth-order valence-electron chi connectivity index (χ4n) is 2.32. The lowest BCUT2D eigenvalue weighted by Gasteiger charge is -2.24. The number of hydrazone groups is 1. The average Bonchev–Trinajstić information content (AvgIpc) is 2.80. The zero-order chi connectivity index (χ0) is 18.8. The number of hydrogen-bond acceptors (Lipinski definition) is 6. The molecule has 0 radical (unpaired) electrons. The Morgan fingerprint density at radius 3 is 2.68 bits per heavy atom. The van der Waals surface area contributed by atoms with E-state index in [1.807, 2.05) is 0 Å². The van der Waals surface area contributed by atoms with Gasteiger partial charge in [0.1, 0.15) is 0 Å². The molecule has 0 aromatic heterocycles. The third-order valence-electron chi connectivity index (χ3n) is 3.59. The van der Waals surface area contributed by atoms with E-state index >= 15 is 0 Å². The Morgan fingerprint density at radius 1 is 1.44 bits per heavy atom. The van der Waals surface area contributed by atoms with Crippen molar-refractivity contribution in [1.29, 1.82) is 0 Å². The molecule has 0 N–H and O–H groups in total. The van der Waals surface area contributed by atoms with E-state index in [4.69, 9.17) is 4.74 Å². The molecule has 0 bridgehead atoms. The zero-order valence-corrected chi connectivity index (χ0v) is 15.0. The van der Waals surface area contributed by atoms with Crippen LogP contribution in [0, 0.1) is 0 Å². The highest BCUT2D eigenvalue weighted by molar-refractivity contribution is 9.18. The summed E-state index contributed by atoms with van der Waals surface area (Å²) in [5, 5.41) is 5.37. The van der Waals surface area contributed by atoms with Crippen molar-refractivity contribution in [3.8, 4) is 0 Å². The molecule has 0 fully saturated rings. The highest BCUT2D eigenvalue weighted by Gasteiger charge is 2.34. The first kappa shape index (κ1) is 19.2. The van der Waals surface area contributed by atoms with Crippen LogP contribution in [0.2, 0.25) is 0 Å². The molecule has 1 atom stereocenters. The van der Waals surface area contributed by atoms with Crippen molar-refractivity contribution < 1.29 is 27.5 Å². The monoisotopic (exact) mass is 421 g/mol. The van der Waals surface area contributed by atoms with Gasteiger partial charge in [-0.05, 0) is 46.6 Å². The van der Waals surface area contributed by atoms with Crippen molar-refractivity contribution in [1.82, 2.24) is 9.91 Å². The zero-order valence-electron chi connectivity index (χ0n) is 13.4. The molecule has 1 aromatic carbocycles. The largest absolute Gasteiger partial charge is 0.462 e. The second-order valence-corrected chi connectivity index (χ2v) is 5.93. The van der Waals surface area contributed by atoms with Gasteiger partial charge in [-0.2, -0.15) is 13.2 Å². The fourth-order valence-corrected chi connectivity index (χ4v) is 2.73. The van der Waals surface area contributed by atoms with Gasteiger partial charge in [0.05, 0.1) is 24.3 Å². The van der Waals surface area contributed by atoms with Crippen molar-refractivity contribution in [2.75, 3.05) is 13.7 Å². The number of aldehydes is 1. The van der Waals surface area contributed by atoms with Crippen LogP contribution in [0.4, 0.5) is 13.2 Å². The van der Waals surface area contributed by atoms with E-state index in [0.29, 0.717) is 11.0 Å². The maximum atomic E-state index is 13.0. The average molecular weight is 422 g/mol. The van der Waals surface area contributed by atoms with E-state index in [1.54, 1.807) is 14.0 Å². The number of nitrogens with zero attached hydrogens (tertiary/aromatic N) is 3. The van der Waals surface area contributed by atoms with E-state index < -0.39 is 23.9 Å². The molecule has 0 amide bonds. The minimum atomic E-state index is -4.56. The van der Waals surface area contributed by atoms with Gasteiger partial charge < -0.3 is 9.64 Å². The lowest BCUT2D eigenvalue weighted by atomic mass is 10.0. The molecule has 1 aliphatic rings. The van der Waals surface area contributed by atoms with Gasteiger partial charge >= 0.3 is 12.1 Å². The highest BCUT2D eigenvalue weighted by atomic mass is 79.9. The number of carbonyl (C=O) groups excluding carboxylic acids is 2. The van der Waals surface area contributed by atoms with Gasteiger partial charge in [-0.15, -0.1) is 5.10 Å². The van der Waals surface area contributed by atoms with Crippen LogP contribution in [0.3, 0.4) is 0 Å². The summed E-state index contributed by atoms with van der Waals surface area (Å²) < 4.78 is 44.2. The van der Waals surface area contributed by atoms with Crippen molar-refractivity contribution >= 4 is 32.9 Å². The molecular weight excluding hydrogens is 407 g/mol.